The Labute approximate surface area is 106 Å². The number of amides is 2. The Balaban J connectivity index is 2.13. The highest BCUT2D eigenvalue weighted by Gasteiger charge is 2.25. The molecule has 5 heteroatoms. The second-order valence-electron chi connectivity index (χ2n) is 4.57. The standard InChI is InChI=1S/C13H17N3O2/c1-8(14)12(17)16-11-5-3-2-4-10(11)13(18)15-9-6-7-9/h2-5,8-9H,6-7,14H2,1H3,(H,15,18)(H,16,17). The summed E-state index contributed by atoms with van der Waals surface area (Å²) >= 11 is 0. The first-order chi connectivity index (χ1) is 8.58. The van der Waals surface area contributed by atoms with Crippen molar-refractivity contribution in [2.45, 2.75) is 31.8 Å². The number of benzene rings is 1. The molecule has 0 saturated heterocycles. The number of rotatable bonds is 4. The smallest absolute Gasteiger partial charge is 0.253 e. The van der Waals surface area contributed by atoms with Gasteiger partial charge in [0.2, 0.25) is 5.91 Å². The van der Waals surface area contributed by atoms with Crippen LogP contribution in [-0.4, -0.2) is 23.9 Å². The SMILES string of the molecule is CC(N)C(=O)Nc1ccccc1C(=O)NC1CC1. The van der Waals surface area contributed by atoms with E-state index in [4.69, 9.17) is 5.73 Å². The van der Waals surface area contributed by atoms with Gasteiger partial charge < -0.3 is 16.4 Å². The monoisotopic (exact) mass is 247 g/mol. The zero-order valence-corrected chi connectivity index (χ0v) is 10.3. The number of hydrogen-bond donors (Lipinski definition) is 3. The number of nitrogens with one attached hydrogen (secondary N) is 2. The van der Waals surface area contributed by atoms with Crippen molar-refractivity contribution in [2.24, 2.45) is 5.73 Å². The summed E-state index contributed by atoms with van der Waals surface area (Å²) in [6, 6.07) is 6.60. The highest BCUT2D eigenvalue weighted by atomic mass is 16.2. The first kappa shape index (κ1) is 12.6. The Bertz CT molecular complexity index is 467. The topological polar surface area (TPSA) is 84.2 Å². The van der Waals surface area contributed by atoms with Crippen molar-refractivity contribution in [1.82, 2.24) is 5.32 Å². The molecule has 1 atom stereocenters. The summed E-state index contributed by atoms with van der Waals surface area (Å²) in [7, 11) is 0. The number of para-hydroxylation sites is 1. The largest absolute Gasteiger partial charge is 0.349 e. The van der Waals surface area contributed by atoms with Crippen molar-refractivity contribution < 1.29 is 9.59 Å². The number of nitrogens with two attached hydrogens (primary N) is 1. The minimum Gasteiger partial charge on any atom is -0.349 e. The maximum atomic E-state index is 12.0. The predicted octanol–water partition coefficient (Wildman–Crippen LogP) is 0.864. The second-order valence-corrected chi connectivity index (χ2v) is 4.57. The van der Waals surface area contributed by atoms with E-state index in [2.05, 4.69) is 10.6 Å². The van der Waals surface area contributed by atoms with E-state index >= 15 is 0 Å². The highest BCUT2D eigenvalue weighted by molar-refractivity contribution is 6.04. The van der Waals surface area contributed by atoms with Crippen molar-refractivity contribution in [2.75, 3.05) is 5.32 Å². The molecule has 2 amide bonds. The van der Waals surface area contributed by atoms with E-state index in [0.29, 0.717) is 11.3 Å². The minimum atomic E-state index is -0.607. The minimum absolute atomic E-state index is 0.155. The van der Waals surface area contributed by atoms with Crippen LogP contribution in [0.5, 0.6) is 0 Å². The van der Waals surface area contributed by atoms with E-state index in [1.807, 2.05) is 0 Å². The maximum absolute atomic E-state index is 12.0. The average molecular weight is 247 g/mol. The Kier molecular flexibility index (Phi) is 3.62. The Hall–Kier alpha value is -1.88. The highest BCUT2D eigenvalue weighted by Crippen LogP contribution is 2.21. The first-order valence-electron chi connectivity index (χ1n) is 6.04. The first-order valence-corrected chi connectivity index (χ1v) is 6.04. The van der Waals surface area contributed by atoms with Crippen molar-refractivity contribution in [3.05, 3.63) is 29.8 Å². The molecule has 1 saturated carbocycles. The van der Waals surface area contributed by atoms with Crippen LogP contribution < -0.4 is 16.4 Å². The van der Waals surface area contributed by atoms with Gasteiger partial charge in [0, 0.05) is 6.04 Å². The fourth-order valence-electron chi connectivity index (χ4n) is 1.53. The van der Waals surface area contributed by atoms with Crippen LogP contribution in [0.2, 0.25) is 0 Å². The lowest BCUT2D eigenvalue weighted by atomic mass is 10.1. The van der Waals surface area contributed by atoms with Crippen LogP contribution in [0.1, 0.15) is 30.1 Å². The van der Waals surface area contributed by atoms with Crippen molar-refractivity contribution in [3.8, 4) is 0 Å². The van der Waals surface area contributed by atoms with Gasteiger partial charge in [0.05, 0.1) is 17.3 Å². The molecule has 0 aliphatic heterocycles. The molecule has 1 aromatic rings. The van der Waals surface area contributed by atoms with Crippen molar-refractivity contribution in [1.29, 1.82) is 0 Å². The molecule has 1 fully saturated rings. The van der Waals surface area contributed by atoms with E-state index in [1.54, 1.807) is 31.2 Å². The van der Waals surface area contributed by atoms with Gasteiger partial charge in [0.25, 0.3) is 5.91 Å². The molecule has 0 bridgehead atoms. The zero-order chi connectivity index (χ0) is 13.1. The van der Waals surface area contributed by atoms with Gasteiger partial charge in [-0.25, -0.2) is 0 Å². The number of hydrogen-bond acceptors (Lipinski definition) is 3. The lowest BCUT2D eigenvalue weighted by Gasteiger charge is -2.12. The van der Waals surface area contributed by atoms with Gasteiger partial charge in [-0.3, -0.25) is 9.59 Å². The van der Waals surface area contributed by atoms with Crippen molar-refractivity contribution in [3.63, 3.8) is 0 Å². The fourth-order valence-corrected chi connectivity index (χ4v) is 1.53. The Morgan fingerprint density at radius 2 is 2.00 bits per heavy atom. The second kappa shape index (κ2) is 5.18. The van der Waals surface area contributed by atoms with Gasteiger partial charge in [-0.15, -0.1) is 0 Å². The molecule has 0 aromatic heterocycles. The molecule has 0 radical (unpaired) electrons. The van der Waals surface area contributed by atoms with Gasteiger partial charge in [-0.05, 0) is 31.9 Å². The molecule has 4 N–H and O–H groups in total. The van der Waals surface area contributed by atoms with Gasteiger partial charge in [0.15, 0.2) is 0 Å². The van der Waals surface area contributed by atoms with Crippen LogP contribution in [0.25, 0.3) is 0 Å². The third-order valence-corrected chi connectivity index (χ3v) is 2.76. The maximum Gasteiger partial charge on any atom is 0.253 e. The van der Waals surface area contributed by atoms with Crippen LogP contribution in [0.4, 0.5) is 5.69 Å². The van der Waals surface area contributed by atoms with E-state index < -0.39 is 6.04 Å². The van der Waals surface area contributed by atoms with E-state index in [0.717, 1.165) is 12.8 Å². The molecular formula is C13H17N3O2. The van der Waals surface area contributed by atoms with Gasteiger partial charge in [-0.1, -0.05) is 12.1 Å². The fraction of sp³-hybridized carbons (Fsp3) is 0.385. The molecule has 1 aromatic carbocycles. The number of carbonyl (C=O) groups is 2. The molecule has 2 rings (SSSR count). The number of anilines is 1. The molecule has 0 heterocycles. The molecule has 0 spiro atoms. The molecule has 1 aliphatic carbocycles. The Morgan fingerprint density at radius 3 is 2.61 bits per heavy atom. The zero-order valence-electron chi connectivity index (χ0n) is 10.3. The van der Waals surface area contributed by atoms with E-state index in [9.17, 15) is 9.59 Å². The lowest BCUT2D eigenvalue weighted by molar-refractivity contribution is -0.117. The average Bonchev–Trinajstić information content (AvgIpc) is 3.13. The summed E-state index contributed by atoms with van der Waals surface area (Å²) in [6.45, 7) is 1.60. The van der Waals surface area contributed by atoms with E-state index in [-0.39, 0.29) is 17.9 Å². The summed E-state index contributed by atoms with van der Waals surface area (Å²) in [5.41, 5.74) is 6.46. The summed E-state index contributed by atoms with van der Waals surface area (Å²) in [5.74, 6) is -0.459. The molecule has 5 nitrogen and oxygen atoms in total. The third kappa shape index (κ3) is 3.07. The molecule has 18 heavy (non-hydrogen) atoms. The Morgan fingerprint density at radius 1 is 1.33 bits per heavy atom. The summed E-state index contributed by atoms with van der Waals surface area (Å²) < 4.78 is 0. The van der Waals surface area contributed by atoms with Crippen LogP contribution in [0.15, 0.2) is 24.3 Å². The summed E-state index contributed by atoms with van der Waals surface area (Å²) in [6.07, 6.45) is 2.06. The van der Waals surface area contributed by atoms with Gasteiger partial charge in [0.1, 0.15) is 0 Å². The quantitative estimate of drug-likeness (QED) is 0.738. The lowest BCUT2D eigenvalue weighted by Crippen LogP contribution is -2.33. The molecular weight excluding hydrogens is 230 g/mol. The van der Waals surface area contributed by atoms with Gasteiger partial charge in [-0.2, -0.15) is 0 Å². The third-order valence-electron chi connectivity index (χ3n) is 2.76. The van der Waals surface area contributed by atoms with Crippen LogP contribution in [0.3, 0.4) is 0 Å². The summed E-state index contributed by atoms with van der Waals surface area (Å²) in [5, 5.41) is 5.55. The molecule has 1 unspecified atom stereocenters. The summed E-state index contributed by atoms with van der Waals surface area (Å²) in [4.78, 5) is 23.5. The molecule has 96 valence electrons. The predicted molar refractivity (Wildman–Crippen MR) is 69.2 cm³/mol. The normalized spacial score (nSPS) is 15.9. The van der Waals surface area contributed by atoms with Crippen molar-refractivity contribution >= 4 is 17.5 Å². The van der Waals surface area contributed by atoms with E-state index in [1.165, 1.54) is 0 Å². The molecule has 1 aliphatic rings. The van der Waals surface area contributed by atoms with Gasteiger partial charge >= 0.3 is 0 Å². The van der Waals surface area contributed by atoms with Crippen LogP contribution in [-0.2, 0) is 4.79 Å². The number of carbonyl (C=O) groups excluding carboxylic acids is 2. The van der Waals surface area contributed by atoms with Crippen LogP contribution in [0, 0.1) is 0 Å². The van der Waals surface area contributed by atoms with Crippen LogP contribution >= 0.6 is 0 Å².